The van der Waals surface area contributed by atoms with Crippen molar-refractivity contribution < 1.29 is 0 Å². The molecule has 0 spiro atoms. The Balaban J connectivity index is 4.05. The van der Waals surface area contributed by atoms with E-state index in [0.717, 1.165) is 23.7 Å². The molecule has 0 nitrogen and oxygen atoms in total. The summed E-state index contributed by atoms with van der Waals surface area (Å²) in [5.74, 6) is 3.67. The van der Waals surface area contributed by atoms with Crippen LogP contribution in [0.5, 0.6) is 0 Å². The highest BCUT2D eigenvalue weighted by molar-refractivity contribution is 4.74. The van der Waals surface area contributed by atoms with Gasteiger partial charge in [-0.1, -0.05) is 119 Å². The predicted octanol–water partition coefficient (Wildman–Crippen LogP) is 8.64. The number of rotatable bonds is 16. The molecule has 0 saturated carbocycles. The van der Waals surface area contributed by atoms with E-state index in [1.54, 1.807) is 0 Å². The minimum atomic E-state index is 0.861. The molecule has 0 heterocycles. The maximum atomic E-state index is 2.46. The van der Waals surface area contributed by atoms with Gasteiger partial charge < -0.3 is 0 Å². The summed E-state index contributed by atoms with van der Waals surface area (Å²) in [6.07, 6.45) is 18.8. The van der Waals surface area contributed by atoms with Crippen molar-refractivity contribution in [1.82, 2.24) is 0 Å². The van der Waals surface area contributed by atoms with Crippen molar-refractivity contribution >= 4 is 0 Å². The first-order valence-electron chi connectivity index (χ1n) is 11.0. The van der Waals surface area contributed by atoms with Gasteiger partial charge in [0.05, 0.1) is 0 Å². The van der Waals surface area contributed by atoms with Crippen LogP contribution in [0, 0.1) is 23.7 Å². The average Bonchev–Trinajstić information content (AvgIpc) is 2.49. The largest absolute Gasteiger partial charge is 0.0654 e. The standard InChI is InChI=1S/C23H48/c1-7-9-10-11-12-13-14-15-17-22(16-8-2)23(21(5)6)19-18-20(3)4/h20-23H,7-19H2,1-6H3. The SMILES string of the molecule is CCCCCCCCCCC(CCC)C(CCC(C)C)C(C)C. The molecule has 0 radical (unpaired) electrons. The molecule has 0 bridgehead atoms. The monoisotopic (exact) mass is 324 g/mol. The molecule has 0 aromatic rings. The van der Waals surface area contributed by atoms with E-state index in [1.165, 1.54) is 83.5 Å². The zero-order valence-corrected chi connectivity index (χ0v) is 17.5. The zero-order chi connectivity index (χ0) is 17.5. The van der Waals surface area contributed by atoms with Crippen LogP contribution in [-0.4, -0.2) is 0 Å². The first-order valence-corrected chi connectivity index (χ1v) is 11.0. The van der Waals surface area contributed by atoms with Gasteiger partial charge in [0.15, 0.2) is 0 Å². The second-order valence-electron chi connectivity index (χ2n) is 8.69. The maximum absolute atomic E-state index is 2.46. The summed E-state index contributed by atoms with van der Waals surface area (Å²) in [5.41, 5.74) is 0. The number of unbranched alkanes of at least 4 members (excludes halogenated alkanes) is 7. The van der Waals surface area contributed by atoms with E-state index in [2.05, 4.69) is 41.5 Å². The van der Waals surface area contributed by atoms with E-state index < -0.39 is 0 Å². The van der Waals surface area contributed by atoms with Gasteiger partial charge >= 0.3 is 0 Å². The van der Waals surface area contributed by atoms with Gasteiger partial charge in [-0.3, -0.25) is 0 Å². The lowest BCUT2D eigenvalue weighted by Gasteiger charge is -2.31. The third-order valence-electron chi connectivity index (χ3n) is 5.63. The van der Waals surface area contributed by atoms with Crippen molar-refractivity contribution in [3.05, 3.63) is 0 Å². The van der Waals surface area contributed by atoms with Crippen molar-refractivity contribution in [2.75, 3.05) is 0 Å². The third-order valence-corrected chi connectivity index (χ3v) is 5.63. The van der Waals surface area contributed by atoms with Crippen LogP contribution in [0.15, 0.2) is 0 Å². The lowest BCUT2D eigenvalue weighted by molar-refractivity contribution is 0.196. The molecule has 0 amide bonds. The van der Waals surface area contributed by atoms with Crippen LogP contribution in [0.2, 0.25) is 0 Å². The van der Waals surface area contributed by atoms with Crippen LogP contribution >= 0.6 is 0 Å². The van der Waals surface area contributed by atoms with Gasteiger partial charge in [-0.2, -0.15) is 0 Å². The van der Waals surface area contributed by atoms with E-state index in [9.17, 15) is 0 Å². The summed E-state index contributed by atoms with van der Waals surface area (Å²) in [6, 6.07) is 0. The fourth-order valence-electron chi connectivity index (χ4n) is 4.12. The van der Waals surface area contributed by atoms with Gasteiger partial charge in [-0.15, -0.1) is 0 Å². The minimum Gasteiger partial charge on any atom is -0.0654 e. The summed E-state index contributed by atoms with van der Waals surface area (Å²) >= 11 is 0. The Morgan fingerprint density at radius 2 is 1.09 bits per heavy atom. The van der Waals surface area contributed by atoms with Crippen LogP contribution in [0.3, 0.4) is 0 Å². The molecule has 0 N–H and O–H groups in total. The Bertz CT molecular complexity index is 228. The molecule has 0 aromatic carbocycles. The summed E-state index contributed by atoms with van der Waals surface area (Å²) in [7, 11) is 0. The minimum absolute atomic E-state index is 0.861. The Hall–Kier alpha value is 0. The number of hydrogen-bond donors (Lipinski definition) is 0. The highest BCUT2D eigenvalue weighted by atomic mass is 14.3. The van der Waals surface area contributed by atoms with E-state index in [-0.39, 0.29) is 0 Å². The highest BCUT2D eigenvalue weighted by Crippen LogP contribution is 2.34. The molecule has 0 aliphatic carbocycles. The second kappa shape index (κ2) is 15.5. The second-order valence-corrected chi connectivity index (χ2v) is 8.69. The fourth-order valence-corrected chi connectivity index (χ4v) is 4.12. The Labute approximate surface area is 149 Å². The summed E-state index contributed by atoms with van der Waals surface area (Å²) in [4.78, 5) is 0. The highest BCUT2D eigenvalue weighted by Gasteiger charge is 2.23. The number of hydrogen-bond acceptors (Lipinski definition) is 0. The van der Waals surface area contributed by atoms with Crippen molar-refractivity contribution in [3.8, 4) is 0 Å². The molecule has 0 aliphatic rings. The van der Waals surface area contributed by atoms with Crippen molar-refractivity contribution in [2.24, 2.45) is 23.7 Å². The first-order chi connectivity index (χ1) is 11.0. The van der Waals surface area contributed by atoms with Gasteiger partial charge in [0, 0.05) is 0 Å². The van der Waals surface area contributed by atoms with Crippen LogP contribution in [0.25, 0.3) is 0 Å². The Kier molecular flexibility index (Phi) is 15.5. The van der Waals surface area contributed by atoms with Crippen LogP contribution in [0.1, 0.15) is 125 Å². The summed E-state index contributed by atoms with van der Waals surface area (Å²) in [6.45, 7) is 14.4. The van der Waals surface area contributed by atoms with E-state index >= 15 is 0 Å². The lowest BCUT2D eigenvalue weighted by Crippen LogP contribution is -2.21. The molecule has 140 valence electrons. The molecular formula is C23H48. The van der Waals surface area contributed by atoms with Gasteiger partial charge in [0.2, 0.25) is 0 Å². The third kappa shape index (κ3) is 13.0. The van der Waals surface area contributed by atoms with E-state index in [0.29, 0.717) is 0 Å². The molecule has 0 saturated heterocycles. The smallest absolute Gasteiger partial charge is 0.0363 e. The van der Waals surface area contributed by atoms with Gasteiger partial charge in [-0.05, 0) is 30.1 Å². The van der Waals surface area contributed by atoms with E-state index in [1.807, 2.05) is 0 Å². The van der Waals surface area contributed by atoms with Gasteiger partial charge in [0.25, 0.3) is 0 Å². The van der Waals surface area contributed by atoms with Crippen molar-refractivity contribution in [2.45, 2.75) is 125 Å². The predicted molar refractivity (Wildman–Crippen MR) is 108 cm³/mol. The van der Waals surface area contributed by atoms with Crippen LogP contribution < -0.4 is 0 Å². The normalized spacial score (nSPS) is 14.6. The topological polar surface area (TPSA) is 0 Å². The molecule has 0 heteroatoms. The maximum Gasteiger partial charge on any atom is -0.0363 e. The van der Waals surface area contributed by atoms with Crippen molar-refractivity contribution in [1.29, 1.82) is 0 Å². The molecule has 23 heavy (non-hydrogen) atoms. The molecule has 0 aliphatic heterocycles. The quantitative estimate of drug-likeness (QED) is 0.249. The molecule has 0 fully saturated rings. The zero-order valence-electron chi connectivity index (χ0n) is 17.5. The van der Waals surface area contributed by atoms with Crippen LogP contribution in [-0.2, 0) is 0 Å². The van der Waals surface area contributed by atoms with Crippen molar-refractivity contribution in [3.63, 3.8) is 0 Å². The average molecular weight is 325 g/mol. The molecular weight excluding hydrogens is 276 g/mol. The Morgan fingerprint density at radius 1 is 0.522 bits per heavy atom. The molecule has 2 unspecified atom stereocenters. The Morgan fingerprint density at radius 3 is 1.57 bits per heavy atom. The summed E-state index contributed by atoms with van der Waals surface area (Å²) in [5, 5.41) is 0. The molecule has 2 atom stereocenters. The fraction of sp³-hybridized carbons (Fsp3) is 1.00. The van der Waals surface area contributed by atoms with Gasteiger partial charge in [-0.25, -0.2) is 0 Å². The van der Waals surface area contributed by atoms with E-state index in [4.69, 9.17) is 0 Å². The van der Waals surface area contributed by atoms with Crippen LogP contribution in [0.4, 0.5) is 0 Å². The molecule has 0 aromatic heterocycles. The first kappa shape index (κ1) is 23.0. The van der Waals surface area contributed by atoms with Gasteiger partial charge in [0.1, 0.15) is 0 Å². The summed E-state index contributed by atoms with van der Waals surface area (Å²) < 4.78 is 0. The lowest BCUT2D eigenvalue weighted by atomic mass is 9.75. The molecule has 0 rings (SSSR count).